The minimum absolute atomic E-state index is 0.0864. The second kappa shape index (κ2) is 27.8. The Morgan fingerprint density at radius 2 is 0.849 bits per heavy atom. The summed E-state index contributed by atoms with van der Waals surface area (Å²) >= 11 is 38.2. The van der Waals surface area contributed by atoms with Crippen molar-refractivity contribution in [3.05, 3.63) is 198 Å². The molecule has 4 aliphatic rings. The fourth-order valence-corrected chi connectivity index (χ4v) is 16.1. The van der Waals surface area contributed by atoms with Crippen LogP contribution in [0.2, 0.25) is 30.1 Å². The number of halogens is 6. The van der Waals surface area contributed by atoms with Gasteiger partial charge in [-0.1, -0.05) is 156 Å². The van der Waals surface area contributed by atoms with E-state index >= 15 is 0 Å². The predicted molar refractivity (Wildman–Crippen MR) is 334 cm³/mol. The number of ether oxygens (including phenoxy) is 2. The molecule has 24 heteroatoms. The number of rotatable bonds is 22. The van der Waals surface area contributed by atoms with E-state index in [4.69, 9.17) is 79.1 Å². The maximum absolute atomic E-state index is 14.2. The van der Waals surface area contributed by atoms with Gasteiger partial charge in [0, 0.05) is 20.1 Å². The lowest BCUT2D eigenvalue weighted by atomic mass is 9.89. The van der Waals surface area contributed by atoms with Gasteiger partial charge in [0.1, 0.15) is 24.4 Å². The normalized spacial score (nSPS) is 21.4. The van der Waals surface area contributed by atoms with E-state index < -0.39 is 116 Å². The van der Waals surface area contributed by atoms with Crippen LogP contribution in [0, 0.1) is 0 Å². The molecular weight excluding hydrogens is 1270 g/mol. The molecule has 0 bridgehead atoms. The minimum atomic E-state index is -3.81. The van der Waals surface area contributed by atoms with Gasteiger partial charge in [-0.2, -0.15) is 0 Å². The van der Waals surface area contributed by atoms with Gasteiger partial charge < -0.3 is 29.5 Å². The number of sulfonamides is 2. The highest BCUT2D eigenvalue weighted by Crippen LogP contribution is 2.48. The van der Waals surface area contributed by atoms with E-state index in [-0.39, 0.29) is 23.1 Å². The number of carbonyl (C=O) groups is 4. The summed E-state index contributed by atoms with van der Waals surface area (Å²) in [7, 11) is -7.61. The topological polar surface area (TPSA) is 208 Å². The largest absolute Gasteiger partial charge is 0.481 e. The number of anilines is 2. The number of morpholine rings is 2. The quantitative estimate of drug-likeness (QED) is 0.0651. The average molecular weight is 1330 g/mol. The first-order chi connectivity index (χ1) is 41.0. The Morgan fingerprint density at radius 3 is 1.15 bits per heavy atom. The molecule has 2 saturated carbocycles. The summed E-state index contributed by atoms with van der Waals surface area (Å²) in [6.07, 6.45) is -2.49. The van der Waals surface area contributed by atoms with Gasteiger partial charge in [0.15, 0.2) is 0 Å². The number of carboxylic acids is 2. The van der Waals surface area contributed by atoms with Crippen molar-refractivity contribution >= 4 is 125 Å². The maximum Gasteiger partial charge on any atom is 0.306 e. The molecule has 0 radical (unpaired) electrons. The summed E-state index contributed by atoms with van der Waals surface area (Å²) in [6.45, 7) is 3.55. The molecule has 456 valence electrons. The highest BCUT2D eigenvalue weighted by molar-refractivity contribution is 7.94. The van der Waals surface area contributed by atoms with Crippen molar-refractivity contribution < 1.29 is 55.7 Å². The summed E-state index contributed by atoms with van der Waals surface area (Å²) in [5.41, 5.74) is 3.31. The second-order valence-electron chi connectivity index (χ2n) is 21.5. The van der Waals surface area contributed by atoms with Crippen LogP contribution < -0.4 is 8.61 Å². The smallest absolute Gasteiger partial charge is 0.306 e. The van der Waals surface area contributed by atoms with Crippen molar-refractivity contribution in [3.63, 3.8) is 0 Å². The molecule has 2 heterocycles. The molecule has 2 saturated heterocycles. The molecule has 4 fully saturated rings. The van der Waals surface area contributed by atoms with Crippen LogP contribution in [-0.2, 0) is 48.7 Å². The van der Waals surface area contributed by atoms with Gasteiger partial charge in [-0.15, -0.1) is 0 Å². The zero-order chi connectivity index (χ0) is 61.8. The lowest BCUT2D eigenvalue weighted by Crippen LogP contribution is -2.58. The van der Waals surface area contributed by atoms with Gasteiger partial charge in [-0.25, -0.2) is 16.8 Å². The summed E-state index contributed by atoms with van der Waals surface area (Å²) in [5.74, 6) is -3.49. The highest BCUT2D eigenvalue weighted by atomic mass is 35.5. The molecule has 86 heavy (non-hydrogen) atoms. The SMILES string of the molecule is CCC(CN(c1ccccc1Cl)S(=O)(=O)C1CC1)N1C(=O)[C@@H](CC(=O)O)O[C@H](c2cccc(Cl)c2)[C@H]1c1ccc(Cl)cc1.CCC(CN(c1ccccc1Cl)S(=O)(=O)C1CC1)N1C(=O)[C@H](CC(=O)O)O[C@H](c2cccc(Cl)c2)[C@H]1c1ccc(Cl)cc1. The van der Waals surface area contributed by atoms with E-state index in [1.807, 2.05) is 13.8 Å². The Balaban J connectivity index is 0.000000205. The zero-order valence-corrected chi connectivity index (χ0v) is 52.7. The molecular formula is C62H62Cl6N4O12S2. The third kappa shape index (κ3) is 14.7. The van der Waals surface area contributed by atoms with E-state index in [0.717, 1.165) is 0 Å². The van der Waals surface area contributed by atoms with Crippen LogP contribution >= 0.6 is 69.6 Å². The molecule has 10 rings (SSSR count). The number of amides is 2. The molecule has 0 aromatic heterocycles. The van der Waals surface area contributed by atoms with Crippen LogP contribution in [-0.4, -0.2) is 108 Å². The third-order valence-electron chi connectivity index (χ3n) is 15.6. The van der Waals surface area contributed by atoms with Crippen molar-refractivity contribution in [3.8, 4) is 0 Å². The Morgan fingerprint density at radius 1 is 0.500 bits per heavy atom. The van der Waals surface area contributed by atoms with Gasteiger partial charge in [0.2, 0.25) is 20.0 Å². The van der Waals surface area contributed by atoms with Gasteiger partial charge in [0.25, 0.3) is 11.8 Å². The van der Waals surface area contributed by atoms with Crippen LogP contribution in [0.25, 0.3) is 0 Å². The number of hydrogen-bond acceptors (Lipinski definition) is 10. The molecule has 16 nitrogen and oxygen atoms in total. The molecule has 0 spiro atoms. The molecule has 2 N–H and O–H groups in total. The standard InChI is InChI=1S/2C31H31Cl3N2O6S/c2*1-2-23(18-35(43(40,41)24-14-15-24)26-9-4-3-8-25(26)34)36-29(19-10-12-21(32)13-11-19)30(20-6-5-7-22(33)16-20)42-27(31(36)39)17-28(37)38/h2*3-13,16,23-24,27,29-30H,2,14-15,17-18H2,1H3,(H,37,38)/t23?,27-,29+,30+;23?,27-,29-,30-/m01/s1. The Kier molecular flexibility index (Phi) is 21.0. The first kappa shape index (κ1) is 64.8. The summed E-state index contributed by atoms with van der Waals surface area (Å²) < 4.78 is 70.4. The Hall–Kier alpha value is -5.64. The number of nitrogens with zero attached hydrogens (tertiary/aromatic N) is 4. The summed E-state index contributed by atoms with van der Waals surface area (Å²) in [4.78, 5) is 55.4. The minimum Gasteiger partial charge on any atom is -0.481 e. The second-order valence-corrected chi connectivity index (χ2v) is 28.3. The van der Waals surface area contributed by atoms with Crippen molar-refractivity contribution in [2.75, 3.05) is 21.7 Å². The number of benzene rings is 6. The van der Waals surface area contributed by atoms with Crippen molar-refractivity contribution in [1.29, 1.82) is 0 Å². The molecule has 8 atom stereocenters. The monoisotopic (exact) mass is 1330 g/mol. The fourth-order valence-electron chi connectivity index (χ4n) is 11.1. The summed E-state index contributed by atoms with van der Waals surface area (Å²) in [5, 5.41) is 20.7. The number of carboxylic acid groups (broad SMARTS) is 2. The number of carbonyl (C=O) groups excluding carboxylic acids is 2. The van der Waals surface area contributed by atoms with E-state index in [9.17, 15) is 46.2 Å². The lowest BCUT2D eigenvalue weighted by Gasteiger charge is -2.48. The van der Waals surface area contributed by atoms with Crippen molar-refractivity contribution in [1.82, 2.24) is 9.80 Å². The molecule has 2 aliphatic carbocycles. The fraction of sp³-hybridized carbons (Fsp3) is 0.355. The van der Waals surface area contributed by atoms with Crippen molar-refractivity contribution in [2.24, 2.45) is 0 Å². The zero-order valence-electron chi connectivity index (χ0n) is 46.6. The number of para-hydroxylation sites is 2. The first-order valence-corrected chi connectivity index (χ1v) is 33.2. The molecule has 2 aliphatic heterocycles. The lowest BCUT2D eigenvalue weighted by molar-refractivity contribution is -0.183. The number of hydrogen-bond donors (Lipinski definition) is 2. The first-order valence-electron chi connectivity index (χ1n) is 27.9. The van der Waals surface area contributed by atoms with Gasteiger partial charge >= 0.3 is 11.9 Å². The highest BCUT2D eigenvalue weighted by Gasteiger charge is 2.51. The Bertz CT molecular complexity index is 3440. The maximum atomic E-state index is 14.2. The van der Waals surface area contributed by atoms with Crippen LogP contribution in [0.4, 0.5) is 11.4 Å². The van der Waals surface area contributed by atoms with Crippen LogP contribution in [0.3, 0.4) is 0 Å². The van der Waals surface area contributed by atoms with E-state index in [0.29, 0.717) is 92.2 Å². The molecule has 2 amide bonds. The predicted octanol–water partition coefficient (Wildman–Crippen LogP) is 13.8. The van der Waals surface area contributed by atoms with Crippen molar-refractivity contribution in [2.45, 2.75) is 124 Å². The van der Waals surface area contributed by atoms with E-state index in [1.54, 1.807) is 155 Å². The van der Waals surface area contributed by atoms with E-state index in [2.05, 4.69) is 0 Å². The van der Waals surface area contributed by atoms with Crippen LogP contribution in [0.5, 0.6) is 0 Å². The summed E-state index contributed by atoms with van der Waals surface area (Å²) in [6, 6.07) is 38.5. The van der Waals surface area contributed by atoms with Gasteiger partial charge in [0.05, 0.1) is 82.0 Å². The Labute approximate surface area is 530 Å². The van der Waals surface area contributed by atoms with Gasteiger partial charge in [-0.3, -0.25) is 27.8 Å². The molecule has 6 aromatic carbocycles. The van der Waals surface area contributed by atoms with Crippen LogP contribution in [0.1, 0.15) is 112 Å². The van der Waals surface area contributed by atoms with Gasteiger partial charge in [-0.05, 0) is 134 Å². The molecule has 6 aromatic rings. The van der Waals surface area contributed by atoms with E-state index in [1.165, 1.54) is 8.61 Å². The molecule has 2 unspecified atom stereocenters. The average Bonchev–Trinajstić information content (AvgIpc) is 1.21. The van der Waals surface area contributed by atoms with Crippen LogP contribution in [0.15, 0.2) is 146 Å². The third-order valence-corrected chi connectivity index (χ3v) is 21.7. The number of aliphatic carboxylic acids is 2.